The van der Waals surface area contributed by atoms with Crippen LogP contribution >= 0.6 is 22.7 Å². The summed E-state index contributed by atoms with van der Waals surface area (Å²) in [6.07, 6.45) is 0. The zero-order valence-electron chi connectivity index (χ0n) is 12.9. The van der Waals surface area contributed by atoms with E-state index >= 15 is 0 Å². The van der Waals surface area contributed by atoms with Gasteiger partial charge >= 0.3 is 19.6 Å². The van der Waals surface area contributed by atoms with Gasteiger partial charge < -0.3 is 9.31 Å². The highest BCUT2D eigenvalue weighted by molar-refractivity contribution is 7.17. The molecule has 0 aliphatic rings. The second-order valence-corrected chi connectivity index (χ2v) is 7.15. The van der Waals surface area contributed by atoms with E-state index < -0.39 is 19.6 Å². The highest BCUT2D eigenvalue weighted by atomic mass is 32.1. The lowest BCUT2D eigenvalue weighted by molar-refractivity contribution is 0.0634. The Labute approximate surface area is 151 Å². The molecule has 0 aliphatic heterocycles. The van der Waals surface area contributed by atoms with Gasteiger partial charge in [-0.2, -0.15) is 0 Å². The first-order valence-electron chi connectivity index (χ1n) is 7.51. The molecule has 0 saturated carbocycles. The Kier molecular flexibility index (Phi) is 4.25. The summed E-state index contributed by atoms with van der Waals surface area (Å²) in [5.41, 5.74) is 0.935. The predicted molar refractivity (Wildman–Crippen MR) is 102 cm³/mol. The van der Waals surface area contributed by atoms with Crippen LogP contribution in [-0.2, 0) is 9.31 Å². The molecule has 0 atom stereocenters. The van der Waals surface area contributed by atoms with E-state index in [0.717, 1.165) is 20.2 Å². The molecule has 0 unspecified atom stereocenters. The van der Waals surface area contributed by atoms with Crippen molar-refractivity contribution >= 4 is 62.5 Å². The second-order valence-electron chi connectivity index (χ2n) is 5.26. The number of hydrogen-bond acceptors (Lipinski definition) is 6. The van der Waals surface area contributed by atoms with Crippen LogP contribution in [0.1, 0.15) is 20.7 Å². The van der Waals surface area contributed by atoms with Crippen molar-refractivity contribution in [2.24, 2.45) is 0 Å². The SMILES string of the molecule is O=C(OBOC(=O)c1cccc2sccc12)c1cccc2sccc12. The molecule has 0 fully saturated rings. The molecule has 4 rings (SSSR count). The standard InChI is InChI=1S/C18H11BO4S2/c20-17(13-3-1-5-15-11(13)7-9-24-15)22-19-23-18(21)14-4-2-6-16-12(14)8-10-25-16/h1-10,19H. The molecule has 0 spiro atoms. The van der Waals surface area contributed by atoms with Gasteiger partial charge in [-0.05, 0) is 47.2 Å². The van der Waals surface area contributed by atoms with E-state index in [9.17, 15) is 9.59 Å². The Balaban J connectivity index is 1.44. The van der Waals surface area contributed by atoms with Crippen molar-refractivity contribution in [1.82, 2.24) is 0 Å². The molecule has 2 aromatic carbocycles. The summed E-state index contributed by atoms with van der Waals surface area (Å²) in [6, 6.07) is 14.6. The van der Waals surface area contributed by atoms with Crippen molar-refractivity contribution in [3.05, 3.63) is 70.4 Å². The molecule has 25 heavy (non-hydrogen) atoms. The Morgan fingerprint density at radius 2 is 1.20 bits per heavy atom. The number of hydrogen-bond donors (Lipinski definition) is 0. The minimum absolute atomic E-state index is 0.418. The third-order valence-electron chi connectivity index (χ3n) is 3.81. The Morgan fingerprint density at radius 3 is 1.68 bits per heavy atom. The number of carbonyl (C=O) groups excluding carboxylic acids is 2. The summed E-state index contributed by atoms with van der Waals surface area (Å²) in [6.45, 7) is 0. The number of rotatable bonds is 4. The van der Waals surface area contributed by atoms with Crippen molar-refractivity contribution in [3.8, 4) is 0 Å². The van der Waals surface area contributed by atoms with Gasteiger partial charge in [-0.15, -0.1) is 22.7 Å². The van der Waals surface area contributed by atoms with E-state index in [-0.39, 0.29) is 0 Å². The Bertz CT molecular complexity index is 997. The quantitative estimate of drug-likeness (QED) is 0.503. The Hall–Kier alpha value is -2.64. The molecule has 2 heterocycles. The largest absolute Gasteiger partial charge is 0.580 e. The molecular formula is C18H11BO4S2. The van der Waals surface area contributed by atoms with Crippen LogP contribution in [0.25, 0.3) is 20.2 Å². The maximum atomic E-state index is 12.2. The molecule has 122 valence electrons. The van der Waals surface area contributed by atoms with E-state index in [4.69, 9.17) is 9.31 Å². The van der Waals surface area contributed by atoms with Crippen LogP contribution in [0.4, 0.5) is 0 Å². The smallest absolute Gasteiger partial charge is 0.498 e. The van der Waals surface area contributed by atoms with E-state index in [1.165, 1.54) is 0 Å². The first-order valence-corrected chi connectivity index (χ1v) is 9.26. The average molecular weight is 366 g/mol. The first-order chi connectivity index (χ1) is 12.2. The summed E-state index contributed by atoms with van der Waals surface area (Å²) < 4.78 is 12.3. The lowest BCUT2D eigenvalue weighted by Gasteiger charge is -2.07. The molecular weight excluding hydrogens is 355 g/mol. The minimum Gasteiger partial charge on any atom is -0.498 e. The maximum Gasteiger partial charge on any atom is 0.580 e. The number of benzene rings is 2. The molecule has 4 aromatic rings. The number of fused-ring (bicyclic) bond motifs is 2. The zero-order chi connectivity index (χ0) is 17.2. The summed E-state index contributed by atoms with van der Waals surface area (Å²) >= 11 is 3.11. The van der Waals surface area contributed by atoms with Crippen LogP contribution in [0.3, 0.4) is 0 Å². The summed E-state index contributed by atoms with van der Waals surface area (Å²) in [5.74, 6) is -1.02. The van der Waals surface area contributed by atoms with Crippen molar-refractivity contribution in [2.45, 2.75) is 0 Å². The van der Waals surface area contributed by atoms with Crippen LogP contribution in [0, 0.1) is 0 Å². The van der Waals surface area contributed by atoms with Crippen LogP contribution in [0.2, 0.25) is 0 Å². The van der Waals surface area contributed by atoms with E-state index in [1.54, 1.807) is 46.9 Å². The molecule has 0 aliphatic carbocycles. The fourth-order valence-electron chi connectivity index (χ4n) is 2.64. The topological polar surface area (TPSA) is 52.6 Å². The van der Waals surface area contributed by atoms with Crippen molar-refractivity contribution in [3.63, 3.8) is 0 Å². The van der Waals surface area contributed by atoms with Gasteiger partial charge in [-0.25, -0.2) is 9.59 Å². The monoisotopic (exact) mass is 366 g/mol. The minimum atomic E-state index is -0.509. The third kappa shape index (κ3) is 3.04. The van der Waals surface area contributed by atoms with Crippen molar-refractivity contribution < 1.29 is 18.9 Å². The molecule has 2 aromatic heterocycles. The fraction of sp³-hybridized carbons (Fsp3) is 0. The lowest BCUT2D eigenvalue weighted by atomic mass is 10.1. The highest BCUT2D eigenvalue weighted by Crippen LogP contribution is 2.25. The summed E-state index contributed by atoms with van der Waals surface area (Å²) in [5, 5.41) is 5.52. The molecule has 4 nitrogen and oxygen atoms in total. The molecule has 0 saturated heterocycles. The highest BCUT2D eigenvalue weighted by Gasteiger charge is 2.16. The fourth-order valence-corrected chi connectivity index (χ4v) is 4.26. The maximum absolute atomic E-state index is 12.2. The zero-order valence-corrected chi connectivity index (χ0v) is 14.6. The van der Waals surface area contributed by atoms with Crippen LogP contribution < -0.4 is 0 Å². The van der Waals surface area contributed by atoms with Crippen LogP contribution in [-0.4, -0.2) is 19.6 Å². The van der Waals surface area contributed by atoms with Gasteiger partial charge in [0.25, 0.3) is 0 Å². The summed E-state index contributed by atoms with van der Waals surface area (Å²) in [4.78, 5) is 24.5. The molecule has 0 radical (unpaired) electrons. The molecule has 7 heteroatoms. The average Bonchev–Trinajstić information content (AvgIpc) is 3.29. The van der Waals surface area contributed by atoms with Gasteiger partial charge in [0.1, 0.15) is 0 Å². The molecule has 0 N–H and O–H groups in total. The van der Waals surface area contributed by atoms with Gasteiger partial charge in [-0.1, -0.05) is 12.1 Å². The number of thiophene rings is 2. The molecule has 0 amide bonds. The van der Waals surface area contributed by atoms with E-state index in [0.29, 0.717) is 11.1 Å². The summed E-state index contributed by atoms with van der Waals surface area (Å²) in [7, 11) is -0.418. The van der Waals surface area contributed by atoms with E-state index in [2.05, 4.69) is 0 Å². The third-order valence-corrected chi connectivity index (χ3v) is 5.58. The van der Waals surface area contributed by atoms with Gasteiger partial charge in [0, 0.05) is 20.2 Å². The Morgan fingerprint density at radius 1 is 0.720 bits per heavy atom. The van der Waals surface area contributed by atoms with Crippen LogP contribution in [0.5, 0.6) is 0 Å². The van der Waals surface area contributed by atoms with Gasteiger partial charge in [0.05, 0.1) is 11.1 Å². The van der Waals surface area contributed by atoms with Crippen LogP contribution in [0.15, 0.2) is 59.3 Å². The van der Waals surface area contributed by atoms with Gasteiger partial charge in [0.15, 0.2) is 0 Å². The lowest BCUT2D eigenvalue weighted by Crippen LogP contribution is -2.16. The van der Waals surface area contributed by atoms with Crippen molar-refractivity contribution in [1.29, 1.82) is 0 Å². The van der Waals surface area contributed by atoms with E-state index in [1.807, 2.05) is 35.0 Å². The van der Waals surface area contributed by atoms with Gasteiger partial charge in [-0.3, -0.25) is 0 Å². The second kappa shape index (κ2) is 6.70. The molecule has 0 bridgehead atoms. The number of carbonyl (C=O) groups is 2. The van der Waals surface area contributed by atoms with Gasteiger partial charge in [0.2, 0.25) is 0 Å². The normalized spacial score (nSPS) is 10.7. The first kappa shape index (κ1) is 15.9. The van der Waals surface area contributed by atoms with Crippen molar-refractivity contribution in [2.75, 3.05) is 0 Å². The predicted octanol–water partition coefficient (Wildman–Crippen LogP) is 4.40.